The molecule has 0 aromatic carbocycles. The number of hydrogen-bond acceptors (Lipinski definition) is 4. The van der Waals surface area contributed by atoms with Gasteiger partial charge in [-0.3, -0.25) is 4.18 Å². The van der Waals surface area contributed by atoms with Crippen LogP contribution in [0.4, 0.5) is 0 Å². The fourth-order valence-corrected chi connectivity index (χ4v) is 2.66. The summed E-state index contributed by atoms with van der Waals surface area (Å²) in [6.07, 6.45) is 19.3. The van der Waals surface area contributed by atoms with E-state index in [0.717, 1.165) is 7.11 Å². The van der Waals surface area contributed by atoms with Crippen molar-refractivity contribution in [3.05, 3.63) is 0 Å². The Morgan fingerprint density at radius 2 is 1.19 bits per heavy atom. The Morgan fingerprint density at radius 3 is 1.48 bits per heavy atom. The summed E-state index contributed by atoms with van der Waals surface area (Å²) in [4.78, 5) is 0. The van der Waals surface area contributed by atoms with Gasteiger partial charge in [0.1, 0.15) is 5.75 Å². The molecule has 0 rings (SSSR count). The molecule has 4 nitrogen and oxygen atoms in total. The van der Waals surface area contributed by atoms with Crippen LogP contribution in [-0.4, -0.2) is 38.3 Å². The van der Waals surface area contributed by atoms with Crippen molar-refractivity contribution in [3.8, 4) is 0 Å². The molecule has 0 aromatic heterocycles. The number of rotatable bonds is 12. The summed E-state index contributed by atoms with van der Waals surface area (Å²) in [6, 6.07) is 0. The number of hydrogen-bond donors (Lipinski definition) is 0. The van der Waals surface area contributed by atoms with E-state index in [-0.39, 0.29) is 0 Å². The highest BCUT2D eigenvalue weighted by Crippen LogP contribution is 2.10. The van der Waals surface area contributed by atoms with E-state index in [1.165, 1.54) is 70.0 Å². The van der Waals surface area contributed by atoms with Crippen molar-refractivity contribution in [1.29, 1.82) is 0 Å². The highest BCUT2D eigenvalue weighted by molar-refractivity contribution is 7.95. The van der Waals surface area contributed by atoms with Gasteiger partial charge in [-0.2, -0.15) is 0 Å². The van der Waals surface area contributed by atoms with Crippen LogP contribution in [0, 0.1) is 0 Å². The quantitative estimate of drug-likeness (QED) is 0.234. The molecule has 0 saturated heterocycles. The molecule has 0 aliphatic rings. The van der Waals surface area contributed by atoms with Gasteiger partial charge in [-0.15, -0.1) is 0 Å². The van der Waals surface area contributed by atoms with E-state index in [2.05, 4.69) is 23.6 Å². The second-order valence-electron chi connectivity index (χ2n) is 5.45. The highest BCUT2D eigenvalue weighted by atomic mass is 32.3. The van der Waals surface area contributed by atoms with Crippen LogP contribution in [0.25, 0.3) is 0 Å². The van der Waals surface area contributed by atoms with Crippen molar-refractivity contribution in [2.24, 2.45) is 0 Å². The second-order valence-corrected chi connectivity index (χ2v) is 8.98. The molecule has 0 unspecified atom stereocenters. The fourth-order valence-electron chi connectivity index (χ4n) is 1.88. The van der Waals surface area contributed by atoms with E-state index in [0.29, 0.717) is 10.9 Å². The average Bonchev–Trinajstić information content (AvgIpc) is 2.40. The summed E-state index contributed by atoms with van der Waals surface area (Å²) >= 11 is 0. The van der Waals surface area contributed by atoms with Crippen LogP contribution in [0.15, 0.2) is 0 Å². The zero-order chi connectivity index (χ0) is 16.6. The summed E-state index contributed by atoms with van der Waals surface area (Å²) in [6.45, 7) is 2.29. The highest BCUT2D eigenvalue weighted by Gasteiger charge is 2.00. The van der Waals surface area contributed by atoms with Gasteiger partial charge in [0.25, 0.3) is 0 Å². The second kappa shape index (κ2) is 16.6. The fraction of sp³-hybridized carbons (Fsp3) is 1.00. The minimum absolute atomic E-state index is 0.672. The monoisotopic (exact) mass is 342 g/mol. The smallest absolute Gasteiger partial charge is 0.217 e. The van der Waals surface area contributed by atoms with Gasteiger partial charge in [-0.05, 0) is 23.7 Å². The molecule has 0 saturated carbocycles. The molecule has 0 aliphatic heterocycles. The Morgan fingerprint density at radius 1 is 0.857 bits per heavy atom. The Hall–Kier alpha value is 0.220. The van der Waals surface area contributed by atoms with Crippen molar-refractivity contribution in [2.45, 2.75) is 71.1 Å². The van der Waals surface area contributed by atoms with Crippen LogP contribution in [-0.2, 0) is 25.5 Å². The maximum atomic E-state index is 9.22. The molecule has 0 atom stereocenters. The first-order valence-corrected chi connectivity index (χ1v) is 11.4. The van der Waals surface area contributed by atoms with E-state index in [9.17, 15) is 13.0 Å². The molecular weight excluding hydrogens is 308 g/mol. The Labute approximate surface area is 135 Å². The molecule has 0 radical (unpaired) electrons. The standard InChI is InChI=1S/C14H31S.CH4O4S/c1-4-5-6-7-8-9-10-11-12-13-14-15(2)3;1-5-6(2,3)4/h4-14H2,1-3H3;1H3,(H,2,3,4)/q+1;/p-1. The lowest BCUT2D eigenvalue weighted by Gasteiger charge is -2.01. The topological polar surface area (TPSA) is 66.4 Å². The van der Waals surface area contributed by atoms with E-state index in [4.69, 9.17) is 0 Å². The summed E-state index contributed by atoms with van der Waals surface area (Å²) < 4.78 is 31.0. The Kier molecular flexibility index (Phi) is 18.6. The minimum atomic E-state index is -4.41. The van der Waals surface area contributed by atoms with Crippen molar-refractivity contribution >= 4 is 21.3 Å². The zero-order valence-electron chi connectivity index (χ0n) is 14.2. The van der Waals surface area contributed by atoms with E-state index >= 15 is 0 Å². The van der Waals surface area contributed by atoms with Gasteiger partial charge < -0.3 is 4.55 Å². The predicted molar refractivity (Wildman–Crippen MR) is 92.6 cm³/mol. The first kappa shape index (κ1) is 23.5. The van der Waals surface area contributed by atoms with Gasteiger partial charge in [-0.25, -0.2) is 8.42 Å². The lowest BCUT2D eigenvalue weighted by molar-refractivity contribution is 0.314. The molecule has 0 aliphatic carbocycles. The van der Waals surface area contributed by atoms with Crippen molar-refractivity contribution in [3.63, 3.8) is 0 Å². The van der Waals surface area contributed by atoms with Crippen LogP contribution in [0.3, 0.4) is 0 Å². The first-order valence-electron chi connectivity index (χ1n) is 7.89. The molecule has 21 heavy (non-hydrogen) atoms. The van der Waals surface area contributed by atoms with Crippen molar-refractivity contribution in [1.82, 2.24) is 0 Å². The van der Waals surface area contributed by atoms with E-state index < -0.39 is 10.4 Å². The molecule has 0 heterocycles. The van der Waals surface area contributed by atoms with Crippen LogP contribution in [0.5, 0.6) is 0 Å². The third-order valence-corrected chi connectivity index (χ3v) is 4.62. The first-order chi connectivity index (χ1) is 9.83. The van der Waals surface area contributed by atoms with Crippen LogP contribution < -0.4 is 0 Å². The Balaban J connectivity index is 0. The van der Waals surface area contributed by atoms with Crippen LogP contribution >= 0.6 is 0 Å². The largest absolute Gasteiger partial charge is 0.726 e. The summed E-state index contributed by atoms with van der Waals surface area (Å²) in [5.74, 6) is 1.45. The molecule has 0 bridgehead atoms. The molecule has 0 amide bonds. The molecule has 130 valence electrons. The predicted octanol–water partition coefficient (Wildman–Crippen LogP) is 3.88. The Bertz CT molecular complexity index is 290. The maximum Gasteiger partial charge on any atom is 0.217 e. The van der Waals surface area contributed by atoms with Crippen LogP contribution in [0.2, 0.25) is 0 Å². The molecule has 6 heteroatoms. The zero-order valence-corrected chi connectivity index (χ0v) is 15.9. The maximum absolute atomic E-state index is 9.22. The SMILES string of the molecule is CCCCCCCCCCCC[S+](C)C.COS(=O)(=O)[O-]. The summed E-state index contributed by atoms with van der Waals surface area (Å²) in [5.41, 5.74) is 0. The van der Waals surface area contributed by atoms with E-state index in [1.807, 2.05) is 0 Å². The van der Waals surface area contributed by atoms with Gasteiger partial charge in [-0.1, -0.05) is 58.3 Å². The molecule has 0 N–H and O–H groups in total. The van der Waals surface area contributed by atoms with Gasteiger partial charge >= 0.3 is 0 Å². The number of unbranched alkanes of at least 4 members (excludes halogenated alkanes) is 9. The van der Waals surface area contributed by atoms with Gasteiger partial charge in [0.2, 0.25) is 10.4 Å². The molecule has 0 fully saturated rings. The average molecular weight is 343 g/mol. The van der Waals surface area contributed by atoms with Crippen LogP contribution in [0.1, 0.15) is 71.1 Å². The normalized spacial score (nSPS) is 11.3. The third-order valence-electron chi connectivity index (χ3n) is 3.11. The summed E-state index contributed by atoms with van der Waals surface area (Å²) in [5, 5.41) is 0. The van der Waals surface area contributed by atoms with Crippen molar-refractivity contribution in [2.75, 3.05) is 25.4 Å². The van der Waals surface area contributed by atoms with Crippen molar-refractivity contribution < 1.29 is 17.2 Å². The van der Waals surface area contributed by atoms with Gasteiger partial charge in [0.05, 0.1) is 19.6 Å². The lowest BCUT2D eigenvalue weighted by atomic mass is 10.1. The van der Waals surface area contributed by atoms with Gasteiger partial charge in [0, 0.05) is 0 Å². The molecule has 0 spiro atoms. The summed E-state index contributed by atoms with van der Waals surface area (Å²) in [7, 11) is -2.93. The minimum Gasteiger partial charge on any atom is -0.726 e. The van der Waals surface area contributed by atoms with E-state index in [1.54, 1.807) is 0 Å². The van der Waals surface area contributed by atoms with Gasteiger partial charge in [0.15, 0.2) is 0 Å². The third kappa shape index (κ3) is 29.0. The molecular formula is C15H34O4S2. The molecule has 0 aromatic rings. The lowest BCUT2D eigenvalue weighted by Crippen LogP contribution is -2.00.